The second-order valence-electron chi connectivity index (χ2n) is 6.17. The van der Waals surface area contributed by atoms with Crippen molar-refractivity contribution in [3.8, 4) is 5.69 Å². The fourth-order valence-electron chi connectivity index (χ4n) is 3.42. The number of anilines is 1. The fraction of sp³-hybridized carbons (Fsp3) is 0.200. The molecule has 2 heterocycles. The van der Waals surface area contributed by atoms with Crippen molar-refractivity contribution in [2.24, 2.45) is 0 Å². The number of aromatic nitrogens is 2. The molecular weight excluding hydrogens is 330 g/mol. The van der Waals surface area contributed by atoms with Gasteiger partial charge in [-0.15, -0.1) is 11.8 Å². The molecule has 0 spiro atoms. The van der Waals surface area contributed by atoms with Gasteiger partial charge in [-0.05, 0) is 43.0 Å². The molecule has 3 aromatic rings. The number of benzene rings is 2. The van der Waals surface area contributed by atoms with Crippen LogP contribution in [0.3, 0.4) is 0 Å². The van der Waals surface area contributed by atoms with Gasteiger partial charge in [-0.1, -0.05) is 30.3 Å². The molecule has 0 aliphatic carbocycles. The Morgan fingerprint density at radius 3 is 2.52 bits per heavy atom. The predicted octanol–water partition coefficient (Wildman–Crippen LogP) is 4.38. The lowest BCUT2D eigenvalue weighted by Crippen LogP contribution is -2.24. The minimum absolute atomic E-state index is 0.0310. The van der Waals surface area contributed by atoms with E-state index in [0.29, 0.717) is 6.42 Å². The highest BCUT2D eigenvalue weighted by atomic mass is 32.2. The molecule has 0 fully saturated rings. The summed E-state index contributed by atoms with van der Waals surface area (Å²) in [7, 11) is 0. The van der Waals surface area contributed by atoms with Crippen LogP contribution in [0.5, 0.6) is 0 Å². The molecule has 0 unspecified atom stereocenters. The number of fused-ring (bicyclic) bond motifs is 1. The average Bonchev–Trinajstić information content (AvgIpc) is 2.98. The standard InChI is InChI=1S/C20H19N3OS/c1-13-19-17(14-8-10-16(25-2)11-9-14)12-18(24)21-20(19)23(22-13)15-6-4-3-5-7-15/h3-11,17H,12H2,1-2H3,(H,21,24)/t17-/m1/s1. The second kappa shape index (κ2) is 6.41. The normalized spacial score (nSPS) is 16.4. The van der Waals surface area contributed by atoms with Gasteiger partial charge in [-0.25, -0.2) is 4.68 Å². The minimum atomic E-state index is 0.0310. The van der Waals surface area contributed by atoms with Crippen LogP contribution in [-0.2, 0) is 4.79 Å². The molecule has 1 atom stereocenters. The van der Waals surface area contributed by atoms with E-state index in [2.05, 4.69) is 35.8 Å². The molecule has 0 saturated heterocycles. The van der Waals surface area contributed by atoms with Crippen LogP contribution in [0.1, 0.15) is 29.2 Å². The number of nitrogens with one attached hydrogen (secondary N) is 1. The maximum absolute atomic E-state index is 12.4. The van der Waals surface area contributed by atoms with E-state index >= 15 is 0 Å². The largest absolute Gasteiger partial charge is 0.310 e. The zero-order valence-corrected chi connectivity index (χ0v) is 15.0. The Morgan fingerprint density at radius 1 is 1.12 bits per heavy atom. The molecule has 25 heavy (non-hydrogen) atoms. The van der Waals surface area contributed by atoms with Crippen LogP contribution in [0.25, 0.3) is 5.69 Å². The minimum Gasteiger partial charge on any atom is -0.310 e. The van der Waals surface area contributed by atoms with E-state index in [1.54, 1.807) is 11.8 Å². The van der Waals surface area contributed by atoms with Crippen molar-refractivity contribution in [3.63, 3.8) is 0 Å². The summed E-state index contributed by atoms with van der Waals surface area (Å²) in [6.07, 6.45) is 2.52. The molecule has 2 aromatic carbocycles. The average molecular weight is 349 g/mol. The maximum Gasteiger partial charge on any atom is 0.226 e. The molecule has 0 bridgehead atoms. The molecule has 4 rings (SSSR count). The Balaban J connectivity index is 1.83. The quantitative estimate of drug-likeness (QED) is 0.714. The molecule has 1 aliphatic rings. The summed E-state index contributed by atoms with van der Waals surface area (Å²) in [6, 6.07) is 18.4. The van der Waals surface area contributed by atoms with E-state index in [4.69, 9.17) is 5.10 Å². The van der Waals surface area contributed by atoms with Gasteiger partial charge in [0.25, 0.3) is 0 Å². The molecule has 1 aromatic heterocycles. The monoisotopic (exact) mass is 349 g/mol. The van der Waals surface area contributed by atoms with Crippen LogP contribution in [-0.4, -0.2) is 21.9 Å². The number of carbonyl (C=O) groups excluding carboxylic acids is 1. The number of aryl methyl sites for hydroxylation is 1. The number of carbonyl (C=O) groups is 1. The third-order valence-corrected chi connectivity index (χ3v) is 5.37. The van der Waals surface area contributed by atoms with E-state index in [-0.39, 0.29) is 11.8 Å². The molecule has 5 heteroatoms. The first-order chi connectivity index (χ1) is 12.2. The lowest BCUT2D eigenvalue weighted by atomic mass is 9.86. The van der Waals surface area contributed by atoms with Crippen molar-refractivity contribution < 1.29 is 4.79 Å². The highest BCUT2D eigenvalue weighted by Gasteiger charge is 2.32. The third-order valence-electron chi connectivity index (χ3n) is 4.62. The third kappa shape index (κ3) is 2.85. The first kappa shape index (κ1) is 16.0. The van der Waals surface area contributed by atoms with Gasteiger partial charge < -0.3 is 5.32 Å². The number of nitrogens with zero attached hydrogens (tertiary/aromatic N) is 2. The fourth-order valence-corrected chi connectivity index (χ4v) is 3.83. The smallest absolute Gasteiger partial charge is 0.226 e. The Bertz CT molecular complexity index is 916. The van der Waals surface area contributed by atoms with Crippen LogP contribution in [0.2, 0.25) is 0 Å². The molecular formula is C20H19N3OS. The first-order valence-electron chi connectivity index (χ1n) is 8.26. The van der Waals surface area contributed by atoms with E-state index in [1.807, 2.05) is 41.9 Å². The SMILES string of the molecule is CSc1ccc([C@H]2CC(=O)Nc3c2c(C)nn3-c2ccccc2)cc1. The van der Waals surface area contributed by atoms with Gasteiger partial charge in [0.15, 0.2) is 0 Å². The summed E-state index contributed by atoms with van der Waals surface area (Å²) in [5.41, 5.74) is 4.17. The van der Waals surface area contributed by atoms with Crippen molar-refractivity contribution in [1.29, 1.82) is 0 Å². The molecule has 4 nitrogen and oxygen atoms in total. The van der Waals surface area contributed by atoms with Crippen LogP contribution < -0.4 is 5.32 Å². The molecule has 1 aliphatic heterocycles. The first-order valence-corrected chi connectivity index (χ1v) is 9.48. The predicted molar refractivity (Wildman–Crippen MR) is 102 cm³/mol. The second-order valence-corrected chi connectivity index (χ2v) is 7.05. The zero-order valence-electron chi connectivity index (χ0n) is 14.2. The Hall–Kier alpha value is -2.53. The van der Waals surface area contributed by atoms with Gasteiger partial charge in [-0.2, -0.15) is 5.10 Å². The topological polar surface area (TPSA) is 46.9 Å². The molecule has 1 N–H and O–H groups in total. The number of hydrogen-bond acceptors (Lipinski definition) is 3. The lowest BCUT2D eigenvalue weighted by Gasteiger charge is -2.24. The Kier molecular flexibility index (Phi) is 4.09. The highest BCUT2D eigenvalue weighted by Crippen LogP contribution is 2.40. The number of rotatable bonds is 3. The van der Waals surface area contributed by atoms with Crippen LogP contribution in [0.15, 0.2) is 59.5 Å². The van der Waals surface area contributed by atoms with Gasteiger partial charge in [0.1, 0.15) is 5.82 Å². The van der Waals surface area contributed by atoms with E-state index in [0.717, 1.165) is 28.3 Å². The van der Waals surface area contributed by atoms with Crippen molar-refractivity contribution in [2.45, 2.75) is 24.2 Å². The summed E-state index contributed by atoms with van der Waals surface area (Å²) in [6.45, 7) is 2.01. The number of hydrogen-bond donors (Lipinski definition) is 1. The highest BCUT2D eigenvalue weighted by molar-refractivity contribution is 7.98. The summed E-state index contributed by atoms with van der Waals surface area (Å²) in [5, 5.41) is 7.73. The van der Waals surface area contributed by atoms with Gasteiger partial charge >= 0.3 is 0 Å². The van der Waals surface area contributed by atoms with Gasteiger partial charge in [0.2, 0.25) is 5.91 Å². The number of para-hydroxylation sites is 1. The molecule has 0 radical (unpaired) electrons. The molecule has 1 amide bonds. The van der Waals surface area contributed by atoms with Gasteiger partial charge in [-0.3, -0.25) is 4.79 Å². The van der Waals surface area contributed by atoms with Crippen LogP contribution in [0, 0.1) is 6.92 Å². The van der Waals surface area contributed by atoms with E-state index in [9.17, 15) is 4.79 Å². The lowest BCUT2D eigenvalue weighted by molar-refractivity contribution is -0.116. The number of amides is 1. The molecule has 0 saturated carbocycles. The van der Waals surface area contributed by atoms with Crippen molar-refractivity contribution in [1.82, 2.24) is 9.78 Å². The van der Waals surface area contributed by atoms with Crippen LogP contribution >= 0.6 is 11.8 Å². The summed E-state index contributed by atoms with van der Waals surface area (Å²) in [5.74, 6) is 0.861. The maximum atomic E-state index is 12.4. The molecule has 126 valence electrons. The number of thioether (sulfide) groups is 1. The van der Waals surface area contributed by atoms with Crippen molar-refractivity contribution in [2.75, 3.05) is 11.6 Å². The van der Waals surface area contributed by atoms with Gasteiger partial charge in [0, 0.05) is 22.8 Å². The zero-order chi connectivity index (χ0) is 17.4. The van der Waals surface area contributed by atoms with E-state index < -0.39 is 0 Å². The summed E-state index contributed by atoms with van der Waals surface area (Å²) < 4.78 is 1.84. The van der Waals surface area contributed by atoms with Crippen molar-refractivity contribution in [3.05, 3.63) is 71.4 Å². The van der Waals surface area contributed by atoms with Gasteiger partial charge in [0.05, 0.1) is 11.4 Å². The summed E-state index contributed by atoms with van der Waals surface area (Å²) in [4.78, 5) is 13.6. The van der Waals surface area contributed by atoms with Crippen LogP contribution in [0.4, 0.5) is 5.82 Å². The summed E-state index contributed by atoms with van der Waals surface area (Å²) >= 11 is 1.72. The van der Waals surface area contributed by atoms with E-state index in [1.165, 1.54) is 4.90 Å². The Labute approximate surface area is 151 Å². The Morgan fingerprint density at radius 2 is 1.84 bits per heavy atom. The van der Waals surface area contributed by atoms with Crippen molar-refractivity contribution >= 4 is 23.5 Å².